The van der Waals surface area contributed by atoms with Crippen molar-refractivity contribution in [2.45, 2.75) is 127 Å². The largest absolute Gasteiger partial charge is 0.480 e. The second-order valence-corrected chi connectivity index (χ2v) is 19.4. The fraction of sp³-hybridized carbons (Fsp3) is 0.595. The average molecular weight is 788 g/mol. The summed E-state index contributed by atoms with van der Waals surface area (Å²) in [5, 5.41) is 16.0. The van der Waals surface area contributed by atoms with Crippen LogP contribution in [0.3, 0.4) is 0 Å². The molecule has 56 heavy (non-hydrogen) atoms. The third kappa shape index (κ3) is 6.26. The molecule has 2 amide bonds. The molecule has 14 heteroatoms. The van der Waals surface area contributed by atoms with Crippen molar-refractivity contribution in [3.8, 4) is 17.0 Å². The van der Waals surface area contributed by atoms with Crippen LogP contribution >= 0.6 is 11.8 Å². The van der Waals surface area contributed by atoms with Crippen LogP contribution in [0.15, 0.2) is 40.4 Å². The number of benzene rings is 1. The van der Waals surface area contributed by atoms with Crippen molar-refractivity contribution in [2.75, 3.05) is 0 Å². The summed E-state index contributed by atoms with van der Waals surface area (Å²) in [6, 6.07) is 4.46. The first-order chi connectivity index (χ1) is 26.5. The van der Waals surface area contributed by atoms with Gasteiger partial charge in [0.2, 0.25) is 5.91 Å². The molecule has 2 N–H and O–H groups in total. The fourth-order valence-electron chi connectivity index (χ4n) is 11.1. The number of β-lactam (4-membered cyclic amide) rings is 1. The lowest BCUT2D eigenvalue weighted by atomic mass is 9.48. The van der Waals surface area contributed by atoms with Gasteiger partial charge in [0.25, 0.3) is 5.91 Å². The van der Waals surface area contributed by atoms with Gasteiger partial charge < -0.3 is 29.3 Å². The van der Waals surface area contributed by atoms with E-state index in [4.69, 9.17) is 14.0 Å². The van der Waals surface area contributed by atoms with Crippen LogP contribution in [0.2, 0.25) is 0 Å². The molecule has 0 bridgehead atoms. The minimum absolute atomic E-state index is 0.0907. The van der Waals surface area contributed by atoms with Crippen LogP contribution in [0.1, 0.15) is 108 Å². The van der Waals surface area contributed by atoms with Gasteiger partial charge in [-0.1, -0.05) is 30.7 Å². The Bertz CT molecular complexity index is 2040. The number of aryl methyl sites for hydroxylation is 1. The van der Waals surface area contributed by atoms with Gasteiger partial charge in [0, 0.05) is 28.6 Å². The average Bonchev–Trinajstić information content (AvgIpc) is 3.78. The molecular weight excluding hydrogens is 739 g/mol. The number of amides is 2. The van der Waals surface area contributed by atoms with Crippen molar-refractivity contribution in [3.63, 3.8) is 0 Å². The standard InChI is InChI=1S/C42H49N3O10S/c1-21-32(36(49)43-34-37(50)45-35(39(51)52)40(2,3)56-38(34)45)33(44-55-21)22-6-9-25(10-7-22)53-30(47)14-15-31(48)54-29-13-12-27-26-11-8-23-20-24(46)16-18-41(23,4)28(26)17-19-42(27,29)5/h6-10,26-29,34-35,38H,11-20H2,1-5H3,(H,43,49)(H,51,52). The van der Waals surface area contributed by atoms with E-state index in [9.17, 15) is 33.9 Å². The SMILES string of the molecule is Cc1onc(-c2ccc(OC(=O)CCC(=O)OC3CCC4C5CC=C6CC(=O)CCC6(C)C5CCC34C)cc2)c1C(=O)NC1C(=O)N2C1SC(C)(C)C2C(=O)O. The fourth-order valence-corrected chi connectivity index (χ4v) is 12.7. The van der Waals surface area contributed by atoms with E-state index in [0.29, 0.717) is 41.9 Å². The molecule has 5 fully saturated rings. The number of hydrogen-bond acceptors (Lipinski definition) is 11. The molecule has 2 aromatic rings. The topological polar surface area (TPSA) is 182 Å². The summed E-state index contributed by atoms with van der Waals surface area (Å²) in [4.78, 5) is 77.7. The number of esters is 2. The highest BCUT2D eigenvalue weighted by Gasteiger charge is 2.64. The number of Topliss-reactive ketones (excluding diaryl/α,β-unsaturated/α-hetero) is 1. The Labute approximate surface area is 329 Å². The normalized spacial score (nSPS) is 33.9. The van der Waals surface area contributed by atoms with Crippen LogP contribution in [-0.2, 0) is 28.7 Å². The number of nitrogens with one attached hydrogen (secondary N) is 1. The molecule has 0 radical (unpaired) electrons. The van der Waals surface area contributed by atoms with Crippen LogP contribution in [-0.4, -0.2) is 79.0 Å². The summed E-state index contributed by atoms with van der Waals surface area (Å²) in [6.07, 6.45) is 8.99. The van der Waals surface area contributed by atoms with Crippen LogP contribution in [0, 0.1) is 35.5 Å². The number of carbonyl (C=O) groups is 6. The number of allylic oxidation sites excluding steroid dienone is 2. The number of aromatic nitrogens is 1. The Morgan fingerprint density at radius 1 is 1.00 bits per heavy atom. The number of hydrogen-bond donors (Lipinski definition) is 2. The number of carbonyl (C=O) groups excluding carboxylic acids is 5. The Hall–Kier alpha value is -4.46. The molecule has 8 rings (SSSR count). The van der Waals surface area contributed by atoms with Crippen molar-refractivity contribution >= 4 is 47.3 Å². The molecule has 0 spiro atoms. The first-order valence-corrected chi connectivity index (χ1v) is 20.6. The zero-order valence-electron chi connectivity index (χ0n) is 32.4. The van der Waals surface area contributed by atoms with E-state index >= 15 is 0 Å². The molecule has 9 atom stereocenters. The Morgan fingerprint density at radius 2 is 1.73 bits per heavy atom. The first-order valence-electron chi connectivity index (χ1n) is 19.7. The van der Waals surface area contributed by atoms with Gasteiger partial charge >= 0.3 is 17.9 Å². The third-order valence-electron chi connectivity index (χ3n) is 14.1. The summed E-state index contributed by atoms with van der Waals surface area (Å²) in [7, 11) is 0. The predicted molar refractivity (Wildman–Crippen MR) is 203 cm³/mol. The zero-order chi connectivity index (χ0) is 39.9. The highest BCUT2D eigenvalue weighted by atomic mass is 32.2. The van der Waals surface area contributed by atoms with E-state index in [-0.39, 0.29) is 52.5 Å². The van der Waals surface area contributed by atoms with E-state index in [1.54, 1.807) is 45.0 Å². The van der Waals surface area contributed by atoms with Gasteiger partial charge in [0.15, 0.2) is 0 Å². The molecule has 9 unspecified atom stereocenters. The molecule has 2 aliphatic heterocycles. The molecule has 1 aromatic heterocycles. The molecule has 298 valence electrons. The maximum absolute atomic E-state index is 13.5. The van der Waals surface area contributed by atoms with Crippen molar-refractivity contribution in [1.29, 1.82) is 0 Å². The third-order valence-corrected chi connectivity index (χ3v) is 15.6. The quantitative estimate of drug-likeness (QED) is 0.131. The van der Waals surface area contributed by atoms with Gasteiger partial charge in [0.1, 0.15) is 52.1 Å². The van der Waals surface area contributed by atoms with E-state index in [2.05, 4.69) is 30.4 Å². The number of thioether (sulfide) groups is 1. The number of aliphatic carboxylic acids is 1. The number of fused-ring (bicyclic) bond motifs is 6. The van der Waals surface area contributed by atoms with Crippen molar-refractivity contribution < 1.29 is 47.9 Å². The van der Waals surface area contributed by atoms with Crippen molar-refractivity contribution in [3.05, 3.63) is 47.2 Å². The van der Waals surface area contributed by atoms with E-state index in [0.717, 1.165) is 38.5 Å². The lowest BCUT2D eigenvalue weighted by molar-refractivity contribution is -0.160. The van der Waals surface area contributed by atoms with Gasteiger partial charge in [-0.25, -0.2) is 4.79 Å². The minimum atomic E-state index is -1.09. The monoisotopic (exact) mass is 787 g/mol. The number of ketones is 1. The van der Waals surface area contributed by atoms with Crippen LogP contribution in [0.4, 0.5) is 0 Å². The van der Waals surface area contributed by atoms with Gasteiger partial charge in [-0.2, -0.15) is 0 Å². The van der Waals surface area contributed by atoms with Crippen molar-refractivity contribution in [2.24, 2.45) is 28.6 Å². The summed E-state index contributed by atoms with van der Waals surface area (Å²) in [5.74, 6) is -0.747. The molecule has 13 nitrogen and oxygen atoms in total. The highest BCUT2D eigenvalue weighted by molar-refractivity contribution is 8.01. The molecule has 3 heterocycles. The Kier molecular flexibility index (Phi) is 9.52. The number of nitrogens with zero attached hydrogens (tertiary/aromatic N) is 2. The second-order valence-electron chi connectivity index (χ2n) is 17.6. The Balaban J connectivity index is 0.836. The first kappa shape index (κ1) is 38.4. The molecular formula is C42H49N3O10S. The molecule has 4 aliphatic carbocycles. The van der Waals surface area contributed by atoms with Gasteiger partial charge in [-0.15, -0.1) is 11.8 Å². The second kappa shape index (κ2) is 13.9. The Morgan fingerprint density at radius 3 is 2.46 bits per heavy atom. The number of carboxylic acids is 1. The van der Waals surface area contributed by atoms with Gasteiger partial charge in [-0.05, 0) is 107 Å². The van der Waals surface area contributed by atoms with Crippen molar-refractivity contribution in [1.82, 2.24) is 15.4 Å². The van der Waals surface area contributed by atoms with Gasteiger partial charge in [0.05, 0.1) is 12.8 Å². The number of rotatable bonds is 9. The number of carboxylic acid groups (broad SMARTS) is 1. The summed E-state index contributed by atoms with van der Waals surface area (Å²) < 4.78 is 16.2. The highest BCUT2D eigenvalue weighted by Crippen LogP contribution is 2.65. The summed E-state index contributed by atoms with van der Waals surface area (Å²) >= 11 is 1.33. The van der Waals surface area contributed by atoms with Crippen LogP contribution in [0.5, 0.6) is 5.75 Å². The molecule has 1 aromatic carbocycles. The maximum Gasteiger partial charge on any atom is 0.327 e. The van der Waals surface area contributed by atoms with Gasteiger partial charge in [-0.3, -0.25) is 24.0 Å². The molecule has 2 saturated heterocycles. The van der Waals surface area contributed by atoms with E-state index in [1.807, 2.05) is 0 Å². The number of ether oxygens (including phenoxy) is 2. The van der Waals surface area contributed by atoms with Crippen LogP contribution in [0.25, 0.3) is 11.3 Å². The predicted octanol–water partition coefficient (Wildman–Crippen LogP) is 6.02. The molecule has 3 saturated carbocycles. The minimum Gasteiger partial charge on any atom is -0.480 e. The lowest BCUT2D eigenvalue weighted by Gasteiger charge is -2.57. The van der Waals surface area contributed by atoms with E-state index < -0.39 is 51.9 Å². The van der Waals surface area contributed by atoms with E-state index in [1.165, 1.54) is 22.2 Å². The smallest absolute Gasteiger partial charge is 0.327 e. The lowest BCUT2D eigenvalue weighted by Crippen LogP contribution is -2.70. The summed E-state index contributed by atoms with van der Waals surface area (Å²) in [5.41, 5.74) is 2.19. The maximum atomic E-state index is 13.5. The molecule has 6 aliphatic rings. The summed E-state index contributed by atoms with van der Waals surface area (Å²) in [6.45, 7) is 9.74. The van der Waals surface area contributed by atoms with Crippen LogP contribution < -0.4 is 10.1 Å². The zero-order valence-corrected chi connectivity index (χ0v) is 33.2.